The predicted octanol–water partition coefficient (Wildman–Crippen LogP) is 3.03. The number of halogens is 1. The summed E-state index contributed by atoms with van der Waals surface area (Å²) < 4.78 is 42.9. The first kappa shape index (κ1) is 12.9. The average molecular weight is 290 g/mol. The molecule has 0 radical (unpaired) electrons. The number of sulfone groups is 1. The monoisotopic (exact) mass is 290 g/mol. The Morgan fingerprint density at radius 2 is 1.85 bits per heavy atom. The van der Waals surface area contributed by atoms with Crippen molar-refractivity contribution in [1.29, 1.82) is 0 Å². The van der Waals surface area contributed by atoms with Gasteiger partial charge in [0.2, 0.25) is 9.84 Å². The third kappa shape index (κ3) is 2.20. The van der Waals surface area contributed by atoms with Crippen LogP contribution < -0.4 is 4.74 Å². The summed E-state index contributed by atoms with van der Waals surface area (Å²) in [5.41, 5.74) is 0.658. The van der Waals surface area contributed by atoms with Crippen LogP contribution in [0.4, 0.5) is 4.39 Å². The van der Waals surface area contributed by atoms with E-state index in [-0.39, 0.29) is 16.4 Å². The van der Waals surface area contributed by atoms with Gasteiger partial charge in [0.25, 0.3) is 0 Å². The number of hydrogen-bond donors (Lipinski definition) is 0. The van der Waals surface area contributed by atoms with Crippen molar-refractivity contribution >= 4 is 15.9 Å². The average Bonchev–Trinajstić information content (AvgIpc) is 2.68. The van der Waals surface area contributed by atoms with Crippen LogP contribution >= 0.6 is 0 Å². The molecule has 0 amide bonds. The van der Waals surface area contributed by atoms with Crippen molar-refractivity contribution in [3.05, 3.63) is 64.8 Å². The molecule has 0 saturated heterocycles. The highest BCUT2D eigenvalue weighted by molar-refractivity contribution is 7.95. The molecule has 0 bridgehead atoms. The van der Waals surface area contributed by atoms with Gasteiger partial charge in [-0.15, -0.1) is 0 Å². The fraction of sp³-hybridized carbons (Fsp3) is 0.0667. The molecule has 102 valence electrons. The molecule has 5 heteroatoms. The fourth-order valence-corrected chi connectivity index (χ4v) is 3.54. The minimum atomic E-state index is -3.48. The molecule has 3 rings (SSSR count). The summed E-state index contributed by atoms with van der Waals surface area (Å²) in [4.78, 5) is 0.473. The van der Waals surface area contributed by atoms with E-state index in [1.165, 1.54) is 18.2 Å². The molecule has 1 aliphatic heterocycles. The lowest BCUT2D eigenvalue weighted by Gasteiger charge is -2.07. The van der Waals surface area contributed by atoms with Gasteiger partial charge in [0.15, 0.2) is 0 Å². The first-order valence-electron chi connectivity index (χ1n) is 6.00. The lowest BCUT2D eigenvalue weighted by Crippen LogP contribution is -2.09. The summed E-state index contributed by atoms with van der Waals surface area (Å²) in [6, 6.07) is 12.4. The summed E-state index contributed by atoms with van der Waals surface area (Å²) in [6.45, 7) is -0.111. The zero-order chi connectivity index (χ0) is 14.2. The molecule has 0 atom stereocenters. The Balaban J connectivity index is 1.84. The Labute approximate surface area is 116 Å². The molecule has 0 saturated carbocycles. The van der Waals surface area contributed by atoms with Gasteiger partial charge in [-0.25, -0.2) is 12.8 Å². The quantitative estimate of drug-likeness (QED) is 0.872. The highest BCUT2D eigenvalue weighted by Gasteiger charge is 2.29. The van der Waals surface area contributed by atoms with E-state index in [0.29, 0.717) is 11.3 Å². The SMILES string of the molecule is O=S1(=O)C(COc2cccc(F)c2)=Cc2ccccc21. The Bertz CT molecular complexity index is 794. The molecule has 0 aromatic heterocycles. The maximum Gasteiger partial charge on any atom is 0.206 e. The van der Waals surface area contributed by atoms with Crippen molar-refractivity contribution in [1.82, 2.24) is 0 Å². The minimum absolute atomic E-state index is 0.111. The summed E-state index contributed by atoms with van der Waals surface area (Å²) >= 11 is 0. The molecule has 1 heterocycles. The Morgan fingerprint density at radius 3 is 2.60 bits per heavy atom. The van der Waals surface area contributed by atoms with Gasteiger partial charge in [-0.2, -0.15) is 0 Å². The first-order chi connectivity index (χ1) is 9.57. The van der Waals surface area contributed by atoms with E-state index in [1.54, 1.807) is 36.4 Å². The Morgan fingerprint density at radius 1 is 1.05 bits per heavy atom. The fourth-order valence-electron chi connectivity index (χ4n) is 2.07. The molecule has 0 unspecified atom stereocenters. The lowest BCUT2D eigenvalue weighted by molar-refractivity contribution is 0.357. The number of benzene rings is 2. The van der Waals surface area contributed by atoms with E-state index < -0.39 is 15.7 Å². The first-order valence-corrected chi connectivity index (χ1v) is 7.49. The van der Waals surface area contributed by atoms with Gasteiger partial charge < -0.3 is 4.74 Å². The molecule has 2 aromatic rings. The molecule has 20 heavy (non-hydrogen) atoms. The van der Waals surface area contributed by atoms with Crippen molar-refractivity contribution in [3.63, 3.8) is 0 Å². The highest BCUT2D eigenvalue weighted by atomic mass is 32.2. The molecule has 2 aromatic carbocycles. The van der Waals surface area contributed by atoms with E-state index in [9.17, 15) is 12.8 Å². The molecule has 0 fully saturated rings. The van der Waals surface area contributed by atoms with Crippen LogP contribution in [0.15, 0.2) is 58.3 Å². The Hall–Kier alpha value is -2.14. The van der Waals surface area contributed by atoms with Gasteiger partial charge in [-0.3, -0.25) is 0 Å². The van der Waals surface area contributed by atoms with Crippen molar-refractivity contribution in [2.75, 3.05) is 6.61 Å². The third-order valence-electron chi connectivity index (χ3n) is 3.05. The lowest BCUT2D eigenvalue weighted by atomic mass is 10.2. The van der Waals surface area contributed by atoms with Gasteiger partial charge in [-0.05, 0) is 29.8 Å². The second kappa shape index (κ2) is 4.76. The van der Waals surface area contributed by atoms with Gasteiger partial charge in [0.1, 0.15) is 18.2 Å². The molecule has 0 spiro atoms. The molecular formula is C15H11FO3S. The predicted molar refractivity (Wildman–Crippen MR) is 73.5 cm³/mol. The summed E-state index contributed by atoms with van der Waals surface area (Å²) in [5.74, 6) is -0.119. The minimum Gasteiger partial charge on any atom is -0.488 e. The molecule has 3 nitrogen and oxygen atoms in total. The van der Waals surface area contributed by atoms with Gasteiger partial charge in [-0.1, -0.05) is 24.3 Å². The zero-order valence-electron chi connectivity index (χ0n) is 10.4. The van der Waals surface area contributed by atoms with Crippen LogP contribution in [0.1, 0.15) is 5.56 Å². The molecular weight excluding hydrogens is 279 g/mol. The summed E-state index contributed by atoms with van der Waals surface area (Å²) in [6.07, 6.45) is 1.59. The van der Waals surface area contributed by atoms with Gasteiger partial charge in [0, 0.05) is 6.07 Å². The third-order valence-corrected chi connectivity index (χ3v) is 4.92. The number of rotatable bonds is 3. The van der Waals surface area contributed by atoms with Gasteiger partial charge in [0.05, 0.1) is 9.80 Å². The molecule has 0 aliphatic carbocycles. The van der Waals surface area contributed by atoms with E-state index in [4.69, 9.17) is 4.74 Å². The van der Waals surface area contributed by atoms with Crippen molar-refractivity contribution in [2.45, 2.75) is 4.90 Å². The maximum absolute atomic E-state index is 13.0. The van der Waals surface area contributed by atoms with E-state index in [0.717, 1.165) is 0 Å². The summed E-state index contributed by atoms with van der Waals surface area (Å²) in [5, 5.41) is 0. The van der Waals surface area contributed by atoms with Crippen LogP contribution in [0.3, 0.4) is 0 Å². The van der Waals surface area contributed by atoms with Crippen LogP contribution in [-0.4, -0.2) is 15.0 Å². The second-order valence-corrected chi connectivity index (χ2v) is 6.37. The summed E-state index contributed by atoms with van der Waals surface area (Å²) in [7, 11) is -3.48. The molecule has 1 aliphatic rings. The Kier molecular flexibility index (Phi) is 3.06. The van der Waals surface area contributed by atoms with Crippen molar-refractivity contribution < 1.29 is 17.5 Å². The van der Waals surface area contributed by atoms with E-state index in [2.05, 4.69) is 0 Å². The molecule has 0 N–H and O–H groups in total. The normalized spacial score (nSPS) is 15.6. The van der Waals surface area contributed by atoms with Gasteiger partial charge >= 0.3 is 0 Å². The van der Waals surface area contributed by atoms with Crippen molar-refractivity contribution in [3.8, 4) is 5.75 Å². The topological polar surface area (TPSA) is 43.4 Å². The van der Waals surface area contributed by atoms with E-state index >= 15 is 0 Å². The van der Waals surface area contributed by atoms with Crippen LogP contribution in [0.2, 0.25) is 0 Å². The smallest absolute Gasteiger partial charge is 0.206 e. The standard InChI is InChI=1S/C15H11FO3S/c16-12-5-3-6-13(9-12)19-10-14-8-11-4-1-2-7-15(11)20(14,17)18/h1-9H,10H2. The van der Waals surface area contributed by atoms with Crippen LogP contribution in [-0.2, 0) is 9.84 Å². The number of fused-ring (bicyclic) bond motifs is 1. The van der Waals surface area contributed by atoms with Crippen molar-refractivity contribution in [2.24, 2.45) is 0 Å². The highest BCUT2D eigenvalue weighted by Crippen LogP contribution is 2.32. The van der Waals surface area contributed by atoms with Crippen LogP contribution in [0.25, 0.3) is 6.08 Å². The zero-order valence-corrected chi connectivity index (χ0v) is 11.2. The number of hydrogen-bond acceptors (Lipinski definition) is 3. The van der Waals surface area contributed by atoms with Crippen LogP contribution in [0.5, 0.6) is 5.75 Å². The van der Waals surface area contributed by atoms with E-state index in [1.807, 2.05) is 0 Å². The van der Waals surface area contributed by atoms with Crippen LogP contribution in [0, 0.1) is 5.82 Å². The maximum atomic E-state index is 13.0. The second-order valence-electron chi connectivity index (χ2n) is 4.40. The largest absolute Gasteiger partial charge is 0.488 e. The number of ether oxygens (including phenoxy) is 1.